The molecule has 0 saturated heterocycles. The molecular formula is C33H35LiN2O4S. The van der Waals surface area contributed by atoms with Crippen molar-refractivity contribution in [1.82, 2.24) is 10.6 Å². The first-order valence-corrected chi connectivity index (χ1v) is 14.6. The molecule has 4 aromatic rings. The van der Waals surface area contributed by atoms with E-state index in [1.165, 1.54) is 0 Å². The van der Waals surface area contributed by atoms with Crippen LogP contribution in [0.5, 0.6) is 0 Å². The van der Waals surface area contributed by atoms with Crippen LogP contribution in [0.2, 0.25) is 0 Å². The van der Waals surface area contributed by atoms with Gasteiger partial charge in [-0.3, -0.25) is 4.79 Å². The average molecular weight is 563 g/mol. The number of rotatable bonds is 13. The van der Waals surface area contributed by atoms with E-state index in [1.807, 2.05) is 86.0 Å². The summed E-state index contributed by atoms with van der Waals surface area (Å²) in [5.41, 5.74) is 6.41. The number of hydrogen-bond acceptors (Lipinski definition) is 5. The van der Waals surface area contributed by atoms with Crippen LogP contribution < -0.4 is 10.6 Å². The number of thioether (sulfide) groups is 1. The molecule has 4 rings (SSSR count). The first-order chi connectivity index (χ1) is 19.5. The molecule has 0 fully saturated rings. The van der Waals surface area contributed by atoms with Gasteiger partial charge in [0, 0.05) is 18.7 Å². The molecule has 3 N–H and O–H groups in total. The maximum atomic E-state index is 13.3. The quantitative estimate of drug-likeness (QED) is 0.177. The fourth-order valence-corrected chi connectivity index (χ4v) is 4.97. The summed E-state index contributed by atoms with van der Waals surface area (Å²) >= 11 is 1.55. The van der Waals surface area contributed by atoms with E-state index in [9.17, 15) is 14.7 Å². The summed E-state index contributed by atoms with van der Waals surface area (Å²) in [5, 5.41) is 15.9. The van der Waals surface area contributed by atoms with Crippen molar-refractivity contribution in [3.05, 3.63) is 119 Å². The molecule has 1 aromatic heterocycles. The predicted octanol–water partition coefficient (Wildman–Crippen LogP) is 5.87. The molecule has 41 heavy (non-hydrogen) atoms. The summed E-state index contributed by atoms with van der Waals surface area (Å²) < 4.78 is 5.55. The summed E-state index contributed by atoms with van der Waals surface area (Å²) in [6.45, 7) is 3.20. The van der Waals surface area contributed by atoms with Crippen LogP contribution in [-0.4, -0.2) is 60.4 Å². The van der Waals surface area contributed by atoms with Gasteiger partial charge in [-0.15, -0.1) is 0 Å². The maximum absolute atomic E-state index is 13.3. The molecule has 6 nitrogen and oxygen atoms in total. The second-order valence-electron chi connectivity index (χ2n) is 9.50. The zero-order chi connectivity index (χ0) is 28.3. The molecule has 1 unspecified atom stereocenters. The Morgan fingerprint density at radius 2 is 1.73 bits per heavy atom. The van der Waals surface area contributed by atoms with Crippen molar-refractivity contribution in [3.8, 4) is 11.1 Å². The van der Waals surface area contributed by atoms with Gasteiger partial charge < -0.3 is 20.2 Å². The van der Waals surface area contributed by atoms with Crippen LogP contribution >= 0.6 is 11.8 Å². The van der Waals surface area contributed by atoms with Crippen LogP contribution in [0, 0.1) is 6.92 Å². The van der Waals surface area contributed by atoms with E-state index in [0.717, 1.165) is 39.2 Å². The number of nitrogens with one attached hydrogen (secondary N) is 2. The molecule has 0 spiro atoms. The molecule has 0 aliphatic heterocycles. The summed E-state index contributed by atoms with van der Waals surface area (Å²) in [5.74, 6) is 0.0119. The van der Waals surface area contributed by atoms with Gasteiger partial charge in [-0.25, -0.2) is 4.79 Å². The molecule has 8 heteroatoms. The van der Waals surface area contributed by atoms with Crippen LogP contribution in [0.3, 0.4) is 0 Å². The van der Waals surface area contributed by atoms with Gasteiger partial charge in [0.2, 0.25) is 0 Å². The number of carbonyl (C=O) groups is 2. The Morgan fingerprint density at radius 3 is 2.41 bits per heavy atom. The topological polar surface area (TPSA) is 91.6 Å². The number of hydrogen-bond donors (Lipinski definition) is 3. The molecule has 208 valence electrons. The van der Waals surface area contributed by atoms with Gasteiger partial charge in [0.25, 0.3) is 5.91 Å². The Morgan fingerprint density at radius 1 is 0.976 bits per heavy atom. The van der Waals surface area contributed by atoms with Gasteiger partial charge in [-0.2, -0.15) is 11.8 Å². The van der Waals surface area contributed by atoms with Crippen LogP contribution in [-0.2, 0) is 11.3 Å². The Bertz CT molecular complexity index is 1460. The van der Waals surface area contributed by atoms with E-state index in [1.54, 1.807) is 24.1 Å². The Hall–Kier alpha value is -3.47. The molecule has 1 heterocycles. The van der Waals surface area contributed by atoms with Crippen molar-refractivity contribution in [2.45, 2.75) is 25.9 Å². The van der Waals surface area contributed by atoms with E-state index < -0.39 is 12.0 Å². The third-order valence-electron chi connectivity index (χ3n) is 6.63. The third kappa shape index (κ3) is 9.01. The third-order valence-corrected chi connectivity index (χ3v) is 7.27. The van der Waals surface area contributed by atoms with E-state index in [0.29, 0.717) is 30.8 Å². The summed E-state index contributed by atoms with van der Waals surface area (Å²) in [4.78, 5) is 25.1. The van der Waals surface area contributed by atoms with Crippen LogP contribution in [0.1, 0.15) is 39.2 Å². The number of carboxylic acid groups (broad SMARTS) is 1. The Labute approximate surface area is 257 Å². The van der Waals surface area contributed by atoms with E-state index in [4.69, 9.17) is 4.42 Å². The number of benzene rings is 3. The fourth-order valence-electron chi connectivity index (χ4n) is 4.50. The monoisotopic (exact) mass is 562 g/mol. The van der Waals surface area contributed by atoms with Crippen molar-refractivity contribution in [1.29, 1.82) is 0 Å². The Kier molecular flexibility index (Phi) is 12.6. The molecule has 3 aromatic carbocycles. The van der Waals surface area contributed by atoms with Crippen molar-refractivity contribution in [2.24, 2.45) is 0 Å². The van der Waals surface area contributed by atoms with Gasteiger partial charge in [-0.1, -0.05) is 60.7 Å². The molecular weight excluding hydrogens is 527 g/mol. The molecule has 0 aliphatic carbocycles. The van der Waals surface area contributed by atoms with E-state index in [-0.39, 0.29) is 24.8 Å². The number of amides is 1. The number of carboxylic acids is 1. The molecule has 1 amide bonds. The average Bonchev–Trinajstić information content (AvgIpc) is 3.48. The van der Waals surface area contributed by atoms with Gasteiger partial charge in [0.05, 0.1) is 6.26 Å². The number of aryl methyl sites for hydroxylation is 1. The van der Waals surface area contributed by atoms with Gasteiger partial charge in [0.15, 0.2) is 0 Å². The summed E-state index contributed by atoms with van der Waals surface area (Å²) in [6, 6.07) is 26.6. The van der Waals surface area contributed by atoms with E-state index >= 15 is 0 Å². The predicted molar refractivity (Wildman–Crippen MR) is 170 cm³/mol. The molecule has 0 saturated carbocycles. The second kappa shape index (κ2) is 16.1. The standard InChI is InChI=1S/C33H34N2O4S.Li.H/c1-23-9-6-7-13-28(23)30-19-24(14-15-29(30)32(36)35-31(33(37)38)16-18-40-2)21-34-22-26(20-27-12-8-17-39-27)25-10-4-3-5-11-25;;/h3-15,17,19-20,31,34H,16,18,21-22H2,1-2H3,(H,35,36)(H,37,38);;. The van der Waals surface area contributed by atoms with Crippen molar-refractivity contribution in [2.75, 3.05) is 18.6 Å². The van der Waals surface area contributed by atoms with Gasteiger partial charge in [-0.05, 0) is 89.1 Å². The van der Waals surface area contributed by atoms with Gasteiger partial charge >= 0.3 is 24.8 Å². The molecule has 1 atom stereocenters. The number of aliphatic carboxylic acids is 1. The van der Waals surface area contributed by atoms with Gasteiger partial charge in [0.1, 0.15) is 11.8 Å². The SMILES string of the molecule is CSCCC(NC(=O)c1ccc(CNCC(=Cc2ccco2)c2ccccc2)cc1-c1ccccc1C)C(=O)O.[LiH]. The van der Waals surface area contributed by atoms with Crippen LogP contribution in [0.15, 0.2) is 95.6 Å². The summed E-state index contributed by atoms with van der Waals surface area (Å²) in [7, 11) is 0. The Balaban J connectivity index is 0.00000462. The van der Waals surface area contributed by atoms with Crippen molar-refractivity contribution < 1.29 is 19.1 Å². The fraction of sp³-hybridized carbons (Fsp3) is 0.212. The van der Waals surface area contributed by atoms with Crippen LogP contribution in [0.4, 0.5) is 0 Å². The molecule has 0 aliphatic rings. The first kappa shape index (κ1) is 32.0. The first-order valence-electron chi connectivity index (χ1n) is 13.2. The van der Waals surface area contributed by atoms with Crippen molar-refractivity contribution >= 4 is 54.1 Å². The normalized spacial score (nSPS) is 11.9. The molecule has 0 radical (unpaired) electrons. The second-order valence-corrected chi connectivity index (χ2v) is 10.5. The van der Waals surface area contributed by atoms with Crippen LogP contribution in [0.25, 0.3) is 22.8 Å². The minimum absolute atomic E-state index is 0. The summed E-state index contributed by atoms with van der Waals surface area (Å²) in [6.07, 6.45) is 5.97. The zero-order valence-electron chi connectivity index (χ0n) is 22.7. The van der Waals surface area contributed by atoms with E-state index in [2.05, 4.69) is 22.8 Å². The number of carbonyl (C=O) groups excluding carboxylic acids is 1. The molecule has 0 bridgehead atoms. The minimum atomic E-state index is -1.03. The van der Waals surface area contributed by atoms with Crippen molar-refractivity contribution in [3.63, 3.8) is 0 Å². The number of furan rings is 1. The zero-order valence-corrected chi connectivity index (χ0v) is 23.5.